The summed E-state index contributed by atoms with van der Waals surface area (Å²) in [5.41, 5.74) is 0.389. The number of ether oxygens (including phenoxy) is 2. The van der Waals surface area contributed by atoms with Crippen molar-refractivity contribution in [3.63, 3.8) is 0 Å². The van der Waals surface area contributed by atoms with Gasteiger partial charge in [-0.3, -0.25) is 9.69 Å². The fourth-order valence-corrected chi connectivity index (χ4v) is 5.69. The van der Waals surface area contributed by atoms with E-state index in [1.165, 1.54) is 24.3 Å². The summed E-state index contributed by atoms with van der Waals surface area (Å²) >= 11 is 6.16. The zero-order chi connectivity index (χ0) is 29.9. The molecule has 41 heavy (non-hydrogen) atoms. The van der Waals surface area contributed by atoms with Gasteiger partial charge in [-0.1, -0.05) is 23.7 Å². The second-order valence-electron chi connectivity index (χ2n) is 12.0. The van der Waals surface area contributed by atoms with Gasteiger partial charge < -0.3 is 19.3 Å². The van der Waals surface area contributed by atoms with E-state index in [-0.39, 0.29) is 41.7 Å². The Bertz CT molecular complexity index is 1220. The van der Waals surface area contributed by atoms with Crippen LogP contribution >= 0.6 is 11.6 Å². The van der Waals surface area contributed by atoms with Gasteiger partial charge in [0, 0.05) is 49.1 Å². The maximum absolute atomic E-state index is 13.8. The number of piperidine rings is 1. The molecule has 222 valence electrons. The lowest BCUT2D eigenvalue weighted by molar-refractivity contribution is -0.136. The van der Waals surface area contributed by atoms with Crippen LogP contribution in [0, 0.1) is 11.7 Å². The number of hydrogen-bond donors (Lipinski definition) is 0. The Kier molecular flexibility index (Phi) is 9.47. The Morgan fingerprint density at radius 3 is 2.12 bits per heavy atom. The van der Waals surface area contributed by atoms with E-state index in [2.05, 4.69) is 0 Å². The Balaban J connectivity index is 1.51. The third kappa shape index (κ3) is 7.70. The zero-order valence-electron chi connectivity index (χ0n) is 24.3. The molecular formula is C31H39ClFN3O5. The largest absolute Gasteiger partial charge is 0.444 e. The first-order valence-corrected chi connectivity index (χ1v) is 14.5. The van der Waals surface area contributed by atoms with Crippen molar-refractivity contribution in [1.29, 1.82) is 0 Å². The van der Waals surface area contributed by atoms with E-state index < -0.39 is 17.5 Å². The van der Waals surface area contributed by atoms with Crippen molar-refractivity contribution < 1.29 is 28.2 Å². The summed E-state index contributed by atoms with van der Waals surface area (Å²) in [7, 11) is 0. The SMILES string of the molecule is CC(C)N(C(=O)Oc1ccc(F)cc1)[C@@H]1CN(C(=O)C2CCN(C(=O)OC(C)(C)C)CC2)C[C@H]1c1ccc(Cl)cc1. The average molecular weight is 588 g/mol. The molecule has 10 heteroatoms. The van der Waals surface area contributed by atoms with Gasteiger partial charge in [0.2, 0.25) is 5.91 Å². The van der Waals surface area contributed by atoms with Gasteiger partial charge in [-0.25, -0.2) is 14.0 Å². The van der Waals surface area contributed by atoms with Gasteiger partial charge in [-0.05, 0) is 89.4 Å². The number of carbonyl (C=O) groups excluding carboxylic acids is 3. The van der Waals surface area contributed by atoms with Crippen LogP contribution in [0.25, 0.3) is 0 Å². The lowest BCUT2D eigenvalue weighted by Crippen LogP contribution is -2.50. The second kappa shape index (κ2) is 12.7. The topological polar surface area (TPSA) is 79.4 Å². The smallest absolute Gasteiger partial charge is 0.415 e. The van der Waals surface area contributed by atoms with Crippen LogP contribution in [0.5, 0.6) is 5.75 Å². The van der Waals surface area contributed by atoms with Gasteiger partial charge in [-0.2, -0.15) is 0 Å². The summed E-state index contributed by atoms with van der Waals surface area (Å²) in [6.45, 7) is 11.0. The molecule has 8 nitrogen and oxygen atoms in total. The lowest BCUT2D eigenvalue weighted by Gasteiger charge is -2.35. The van der Waals surface area contributed by atoms with E-state index in [0.717, 1.165) is 5.56 Å². The number of halogens is 2. The monoisotopic (exact) mass is 587 g/mol. The first-order chi connectivity index (χ1) is 19.3. The van der Waals surface area contributed by atoms with Gasteiger partial charge in [0.25, 0.3) is 0 Å². The first kappa shape index (κ1) is 30.6. The standard InChI is InChI=1S/C31H39ClFN3O5/c1-20(2)36(30(39)40-25-12-10-24(33)11-13-25)27-19-35(18-26(27)21-6-8-23(32)9-7-21)28(37)22-14-16-34(17-15-22)29(38)41-31(3,4)5/h6-13,20,22,26-27H,14-19H2,1-5H3/t26-,27+/m0/s1. The molecule has 2 fully saturated rings. The van der Waals surface area contributed by atoms with E-state index in [1.807, 2.05) is 51.7 Å². The van der Waals surface area contributed by atoms with Crippen LogP contribution in [0.1, 0.15) is 58.9 Å². The molecule has 2 heterocycles. The van der Waals surface area contributed by atoms with Gasteiger partial charge in [0.05, 0.1) is 6.04 Å². The van der Waals surface area contributed by atoms with Crippen LogP contribution in [0.15, 0.2) is 48.5 Å². The van der Waals surface area contributed by atoms with Crippen molar-refractivity contribution in [3.8, 4) is 5.75 Å². The number of hydrogen-bond acceptors (Lipinski definition) is 5. The van der Waals surface area contributed by atoms with Crippen molar-refractivity contribution >= 4 is 29.7 Å². The summed E-state index contributed by atoms with van der Waals surface area (Å²) in [6.07, 6.45) is 0.173. The fraction of sp³-hybridized carbons (Fsp3) is 0.516. The molecule has 0 N–H and O–H groups in total. The summed E-state index contributed by atoms with van der Waals surface area (Å²) in [6, 6.07) is 12.2. The van der Waals surface area contributed by atoms with E-state index in [1.54, 1.807) is 21.9 Å². The van der Waals surface area contributed by atoms with Crippen LogP contribution in [-0.4, -0.2) is 76.7 Å². The van der Waals surface area contributed by atoms with Crippen molar-refractivity contribution in [1.82, 2.24) is 14.7 Å². The highest BCUT2D eigenvalue weighted by atomic mass is 35.5. The molecule has 2 aliphatic heterocycles. The normalized spacial score (nSPS) is 19.8. The minimum Gasteiger partial charge on any atom is -0.444 e. The number of amides is 3. The number of nitrogens with zero attached hydrogens (tertiary/aromatic N) is 3. The Morgan fingerprint density at radius 1 is 0.951 bits per heavy atom. The summed E-state index contributed by atoms with van der Waals surface area (Å²) in [5.74, 6) is -0.549. The molecule has 0 aliphatic carbocycles. The minimum absolute atomic E-state index is 0.0194. The predicted molar refractivity (Wildman–Crippen MR) is 154 cm³/mol. The minimum atomic E-state index is -0.578. The van der Waals surface area contributed by atoms with Crippen LogP contribution < -0.4 is 4.74 Å². The van der Waals surface area contributed by atoms with Crippen molar-refractivity contribution in [2.45, 2.75) is 71.1 Å². The second-order valence-corrected chi connectivity index (χ2v) is 12.5. The Hall–Kier alpha value is -3.33. The van der Waals surface area contributed by atoms with Gasteiger partial charge in [0.15, 0.2) is 0 Å². The molecule has 0 unspecified atom stereocenters. The molecule has 2 aromatic carbocycles. The molecule has 2 saturated heterocycles. The van der Waals surface area contributed by atoms with Crippen molar-refractivity contribution in [2.75, 3.05) is 26.2 Å². The third-order valence-corrected chi connectivity index (χ3v) is 7.79. The van der Waals surface area contributed by atoms with Gasteiger partial charge >= 0.3 is 12.2 Å². The Morgan fingerprint density at radius 2 is 1.56 bits per heavy atom. The molecule has 0 spiro atoms. The van der Waals surface area contributed by atoms with Crippen LogP contribution in [0.3, 0.4) is 0 Å². The summed E-state index contributed by atoms with van der Waals surface area (Å²) in [4.78, 5) is 44.9. The predicted octanol–water partition coefficient (Wildman–Crippen LogP) is 6.33. The fourth-order valence-electron chi connectivity index (χ4n) is 5.57. The number of rotatable bonds is 5. The number of benzene rings is 2. The van der Waals surface area contributed by atoms with Crippen LogP contribution in [-0.2, 0) is 9.53 Å². The summed E-state index contributed by atoms with van der Waals surface area (Å²) < 4.78 is 24.5. The number of likely N-dealkylation sites (tertiary alicyclic amines) is 2. The molecule has 0 saturated carbocycles. The molecule has 0 aromatic heterocycles. The van der Waals surface area contributed by atoms with Crippen molar-refractivity contribution in [3.05, 3.63) is 64.9 Å². The third-order valence-electron chi connectivity index (χ3n) is 7.54. The summed E-state index contributed by atoms with van der Waals surface area (Å²) in [5, 5.41) is 0.601. The van der Waals surface area contributed by atoms with E-state index in [4.69, 9.17) is 21.1 Å². The van der Waals surface area contributed by atoms with E-state index in [9.17, 15) is 18.8 Å². The zero-order valence-corrected chi connectivity index (χ0v) is 25.1. The molecule has 3 amide bonds. The van der Waals surface area contributed by atoms with E-state index in [0.29, 0.717) is 44.0 Å². The highest BCUT2D eigenvalue weighted by Crippen LogP contribution is 2.35. The molecule has 2 aromatic rings. The van der Waals surface area contributed by atoms with Crippen LogP contribution in [0.4, 0.5) is 14.0 Å². The first-order valence-electron chi connectivity index (χ1n) is 14.1. The lowest BCUT2D eigenvalue weighted by atomic mass is 9.92. The maximum atomic E-state index is 13.8. The molecule has 4 rings (SSSR count). The number of carbonyl (C=O) groups is 3. The Labute approximate surface area is 246 Å². The highest BCUT2D eigenvalue weighted by Gasteiger charge is 2.44. The van der Waals surface area contributed by atoms with E-state index >= 15 is 0 Å². The average Bonchev–Trinajstić information content (AvgIpc) is 3.33. The molecule has 2 aliphatic rings. The molecule has 0 bridgehead atoms. The quantitative estimate of drug-likeness (QED) is 0.408. The van der Waals surface area contributed by atoms with Gasteiger partial charge in [-0.15, -0.1) is 0 Å². The molecule has 2 atom stereocenters. The highest BCUT2D eigenvalue weighted by molar-refractivity contribution is 6.30. The van der Waals surface area contributed by atoms with Crippen LogP contribution in [0.2, 0.25) is 5.02 Å². The maximum Gasteiger partial charge on any atom is 0.415 e. The van der Waals surface area contributed by atoms with Gasteiger partial charge in [0.1, 0.15) is 17.2 Å². The van der Waals surface area contributed by atoms with Crippen molar-refractivity contribution in [2.24, 2.45) is 5.92 Å². The molecular weight excluding hydrogens is 549 g/mol. The molecule has 0 radical (unpaired) electrons.